The van der Waals surface area contributed by atoms with E-state index in [1.54, 1.807) is 0 Å². The highest BCUT2D eigenvalue weighted by Crippen LogP contribution is 2.23. The summed E-state index contributed by atoms with van der Waals surface area (Å²) in [5.74, 6) is -0.537. The maximum Gasteiger partial charge on any atom is 0.255 e. The molecule has 0 bridgehead atoms. The SMILES string of the molecule is O=C1C2CCCN2C(=O)CN1CC(F)F. The molecule has 2 aliphatic heterocycles. The monoisotopic (exact) mass is 218 g/mol. The van der Waals surface area contributed by atoms with Crippen LogP contribution in [0.3, 0.4) is 0 Å². The zero-order chi connectivity index (χ0) is 11.0. The molecule has 6 heteroatoms. The summed E-state index contributed by atoms with van der Waals surface area (Å²) >= 11 is 0. The van der Waals surface area contributed by atoms with Gasteiger partial charge in [-0.2, -0.15) is 0 Å². The molecule has 84 valence electrons. The number of hydrogen-bond donors (Lipinski definition) is 0. The van der Waals surface area contributed by atoms with Crippen molar-refractivity contribution in [2.75, 3.05) is 19.6 Å². The van der Waals surface area contributed by atoms with E-state index in [2.05, 4.69) is 0 Å². The van der Waals surface area contributed by atoms with E-state index >= 15 is 0 Å². The van der Waals surface area contributed by atoms with Gasteiger partial charge in [-0.25, -0.2) is 8.78 Å². The first-order chi connectivity index (χ1) is 7.09. The second kappa shape index (κ2) is 3.75. The number of piperazine rings is 1. The van der Waals surface area contributed by atoms with Gasteiger partial charge >= 0.3 is 0 Å². The zero-order valence-electron chi connectivity index (χ0n) is 8.16. The molecule has 15 heavy (non-hydrogen) atoms. The van der Waals surface area contributed by atoms with Gasteiger partial charge < -0.3 is 9.80 Å². The molecule has 1 atom stereocenters. The maximum atomic E-state index is 12.1. The summed E-state index contributed by atoms with van der Waals surface area (Å²) in [7, 11) is 0. The van der Waals surface area contributed by atoms with E-state index in [4.69, 9.17) is 0 Å². The molecule has 0 aromatic rings. The van der Waals surface area contributed by atoms with Crippen LogP contribution in [0.2, 0.25) is 0 Å². The minimum absolute atomic E-state index is 0.195. The number of amides is 2. The van der Waals surface area contributed by atoms with E-state index in [1.165, 1.54) is 4.90 Å². The summed E-state index contributed by atoms with van der Waals surface area (Å²) in [5, 5.41) is 0. The van der Waals surface area contributed by atoms with Crippen molar-refractivity contribution < 1.29 is 18.4 Å². The molecule has 0 saturated carbocycles. The second-order valence-electron chi connectivity index (χ2n) is 3.86. The molecule has 0 aromatic carbocycles. The van der Waals surface area contributed by atoms with Crippen molar-refractivity contribution in [2.24, 2.45) is 0 Å². The average Bonchev–Trinajstić information content (AvgIpc) is 2.61. The number of carbonyl (C=O) groups excluding carboxylic acids is 2. The Hall–Kier alpha value is -1.20. The number of rotatable bonds is 2. The Morgan fingerprint density at radius 1 is 1.40 bits per heavy atom. The van der Waals surface area contributed by atoms with Gasteiger partial charge in [0.2, 0.25) is 11.8 Å². The summed E-state index contributed by atoms with van der Waals surface area (Å²) in [6.45, 7) is -0.244. The molecule has 2 aliphatic rings. The average molecular weight is 218 g/mol. The molecule has 2 fully saturated rings. The van der Waals surface area contributed by atoms with E-state index in [9.17, 15) is 18.4 Å². The molecule has 0 spiro atoms. The Labute approximate surface area is 85.8 Å². The Kier molecular flexibility index (Phi) is 2.58. The summed E-state index contributed by atoms with van der Waals surface area (Å²) in [6.07, 6.45) is -1.19. The van der Waals surface area contributed by atoms with Gasteiger partial charge in [0, 0.05) is 6.54 Å². The zero-order valence-corrected chi connectivity index (χ0v) is 8.16. The van der Waals surface area contributed by atoms with Crippen molar-refractivity contribution in [3.63, 3.8) is 0 Å². The van der Waals surface area contributed by atoms with Crippen LogP contribution < -0.4 is 0 Å². The lowest BCUT2D eigenvalue weighted by molar-refractivity contribution is -0.155. The smallest absolute Gasteiger partial charge is 0.255 e. The van der Waals surface area contributed by atoms with Gasteiger partial charge in [0.05, 0.1) is 6.54 Å². The summed E-state index contributed by atoms with van der Waals surface area (Å²) in [5.41, 5.74) is 0. The van der Waals surface area contributed by atoms with E-state index in [-0.39, 0.29) is 18.4 Å². The molecule has 4 nitrogen and oxygen atoms in total. The first kappa shape index (κ1) is 10.3. The fourth-order valence-corrected chi connectivity index (χ4v) is 2.19. The largest absolute Gasteiger partial charge is 0.329 e. The number of halogens is 2. The van der Waals surface area contributed by atoms with E-state index < -0.39 is 19.0 Å². The lowest BCUT2D eigenvalue weighted by Gasteiger charge is -2.36. The molecule has 0 radical (unpaired) electrons. The highest BCUT2D eigenvalue weighted by molar-refractivity contribution is 5.95. The van der Waals surface area contributed by atoms with Gasteiger partial charge in [-0.3, -0.25) is 9.59 Å². The molecule has 2 rings (SSSR count). The first-order valence-corrected chi connectivity index (χ1v) is 4.96. The van der Waals surface area contributed by atoms with Crippen LogP contribution in [0.25, 0.3) is 0 Å². The van der Waals surface area contributed by atoms with E-state index in [0.717, 1.165) is 11.3 Å². The molecular weight excluding hydrogens is 206 g/mol. The van der Waals surface area contributed by atoms with Crippen LogP contribution in [0.15, 0.2) is 0 Å². The van der Waals surface area contributed by atoms with Crippen molar-refractivity contribution in [3.05, 3.63) is 0 Å². The molecule has 2 amide bonds. The Balaban J connectivity index is 2.10. The molecular formula is C9H12F2N2O2. The first-order valence-electron chi connectivity index (χ1n) is 4.96. The van der Waals surface area contributed by atoms with Crippen LogP contribution in [-0.4, -0.2) is 53.7 Å². The number of fused-ring (bicyclic) bond motifs is 1. The molecule has 2 heterocycles. The Morgan fingerprint density at radius 2 is 2.13 bits per heavy atom. The maximum absolute atomic E-state index is 12.1. The van der Waals surface area contributed by atoms with Crippen molar-refractivity contribution in [3.8, 4) is 0 Å². The second-order valence-corrected chi connectivity index (χ2v) is 3.86. The van der Waals surface area contributed by atoms with Crippen molar-refractivity contribution in [2.45, 2.75) is 25.3 Å². The van der Waals surface area contributed by atoms with Crippen LogP contribution in [0.5, 0.6) is 0 Å². The van der Waals surface area contributed by atoms with Gasteiger partial charge in [0.25, 0.3) is 6.43 Å². The van der Waals surface area contributed by atoms with Crippen molar-refractivity contribution >= 4 is 11.8 Å². The van der Waals surface area contributed by atoms with Crippen LogP contribution in [0.4, 0.5) is 8.78 Å². The van der Waals surface area contributed by atoms with Crippen LogP contribution in [0.1, 0.15) is 12.8 Å². The predicted molar refractivity (Wildman–Crippen MR) is 47.3 cm³/mol. The number of alkyl halides is 2. The number of nitrogens with zero attached hydrogens (tertiary/aromatic N) is 2. The molecule has 0 aliphatic carbocycles. The van der Waals surface area contributed by atoms with Gasteiger partial charge in [0.15, 0.2) is 0 Å². The lowest BCUT2D eigenvalue weighted by atomic mass is 10.1. The minimum Gasteiger partial charge on any atom is -0.329 e. The molecule has 0 N–H and O–H groups in total. The summed E-state index contributed by atoms with van der Waals surface area (Å²) < 4.78 is 24.3. The third-order valence-electron chi connectivity index (χ3n) is 2.85. The van der Waals surface area contributed by atoms with Crippen LogP contribution in [0, 0.1) is 0 Å². The summed E-state index contributed by atoms with van der Waals surface area (Å²) in [4.78, 5) is 25.7. The predicted octanol–water partition coefficient (Wildman–Crippen LogP) is 0.0847. The minimum atomic E-state index is -2.57. The molecule has 2 saturated heterocycles. The van der Waals surface area contributed by atoms with Crippen LogP contribution >= 0.6 is 0 Å². The van der Waals surface area contributed by atoms with Gasteiger partial charge in [-0.1, -0.05) is 0 Å². The van der Waals surface area contributed by atoms with E-state index in [0.29, 0.717) is 13.0 Å². The third kappa shape index (κ3) is 1.80. The van der Waals surface area contributed by atoms with Gasteiger partial charge in [-0.15, -0.1) is 0 Å². The normalized spacial score (nSPS) is 26.5. The standard InChI is InChI=1S/C9H12F2N2O2/c10-7(11)4-12-5-8(14)13-3-1-2-6(13)9(12)15/h6-7H,1-5H2. The van der Waals surface area contributed by atoms with Crippen molar-refractivity contribution in [1.82, 2.24) is 9.80 Å². The number of hydrogen-bond acceptors (Lipinski definition) is 2. The van der Waals surface area contributed by atoms with E-state index in [1.807, 2.05) is 0 Å². The molecule has 0 aromatic heterocycles. The Morgan fingerprint density at radius 3 is 2.80 bits per heavy atom. The highest BCUT2D eigenvalue weighted by atomic mass is 19.3. The fourth-order valence-electron chi connectivity index (χ4n) is 2.19. The third-order valence-corrected chi connectivity index (χ3v) is 2.85. The van der Waals surface area contributed by atoms with Gasteiger partial charge in [-0.05, 0) is 12.8 Å². The van der Waals surface area contributed by atoms with Crippen LogP contribution in [-0.2, 0) is 9.59 Å². The Bertz CT molecular complexity index is 296. The number of carbonyl (C=O) groups is 2. The quantitative estimate of drug-likeness (QED) is 0.658. The summed E-state index contributed by atoms with van der Waals surface area (Å²) in [6, 6.07) is -0.481. The lowest BCUT2D eigenvalue weighted by Crippen LogP contribution is -2.58. The highest BCUT2D eigenvalue weighted by Gasteiger charge is 2.42. The molecule has 1 unspecified atom stereocenters. The fraction of sp³-hybridized carbons (Fsp3) is 0.778. The topological polar surface area (TPSA) is 40.6 Å². The van der Waals surface area contributed by atoms with Crippen molar-refractivity contribution in [1.29, 1.82) is 0 Å². The van der Waals surface area contributed by atoms with Gasteiger partial charge in [0.1, 0.15) is 12.6 Å².